The zero-order valence-electron chi connectivity index (χ0n) is 14.2. The van der Waals surface area contributed by atoms with Crippen LogP contribution in [0.2, 0.25) is 0 Å². The molecule has 0 unspecified atom stereocenters. The molecule has 134 valence electrons. The van der Waals surface area contributed by atoms with Crippen LogP contribution in [0.3, 0.4) is 0 Å². The second-order valence-electron chi connectivity index (χ2n) is 5.41. The number of hydrogen-bond acceptors (Lipinski definition) is 5. The number of nitrogens with zero attached hydrogens (tertiary/aromatic N) is 1. The Morgan fingerprint density at radius 3 is 2.41 bits per heavy atom. The number of thiophene rings is 1. The molecule has 3 aromatic rings. The molecule has 27 heavy (non-hydrogen) atoms. The number of amides is 1. The molecule has 5 nitrogen and oxygen atoms in total. The van der Waals surface area contributed by atoms with Crippen molar-refractivity contribution < 1.29 is 14.3 Å². The number of rotatable bonds is 6. The lowest BCUT2D eigenvalue weighted by Gasteiger charge is -2.01. The number of hydrogen-bond donors (Lipinski definition) is 1. The van der Waals surface area contributed by atoms with Gasteiger partial charge in [-0.25, -0.2) is 10.2 Å². The maximum Gasteiger partial charge on any atom is 0.336 e. The SMILES string of the molecule is O=C(C=Cc1ccccc1)Oc1ccc(C=NNC(=O)c2cccs2)cc1. The summed E-state index contributed by atoms with van der Waals surface area (Å²) in [5.41, 5.74) is 4.15. The highest BCUT2D eigenvalue weighted by Crippen LogP contribution is 2.12. The summed E-state index contributed by atoms with van der Waals surface area (Å²) in [5, 5.41) is 5.74. The third-order valence-electron chi connectivity index (χ3n) is 3.43. The van der Waals surface area contributed by atoms with E-state index >= 15 is 0 Å². The molecular formula is C21H16N2O3S. The number of carbonyl (C=O) groups is 2. The molecule has 0 bridgehead atoms. The van der Waals surface area contributed by atoms with Gasteiger partial charge < -0.3 is 4.74 Å². The summed E-state index contributed by atoms with van der Waals surface area (Å²) < 4.78 is 5.24. The van der Waals surface area contributed by atoms with Crippen LogP contribution in [0.25, 0.3) is 6.08 Å². The molecule has 0 aliphatic heterocycles. The number of esters is 1. The normalized spacial score (nSPS) is 11.0. The van der Waals surface area contributed by atoms with Gasteiger partial charge in [-0.05, 0) is 52.9 Å². The molecule has 0 radical (unpaired) electrons. The van der Waals surface area contributed by atoms with Gasteiger partial charge in [0.05, 0.1) is 11.1 Å². The van der Waals surface area contributed by atoms with E-state index in [0.717, 1.165) is 11.1 Å². The Hall–Kier alpha value is -3.51. The first-order valence-electron chi connectivity index (χ1n) is 8.12. The molecule has 0 aliphatic rings. The van der Waals surface area contributed by atoms with E-state index in [1.54, 1.807) is 42.5 Å². The average Bonchev–Trinajstić information content (AvgIpc) is 3.23. The first-order valence-corrected chi connectivity index (χ1v) is 9.00. The van der Waals surface area contributed by atoms with Crippen LogP contribution in [0.5, 0.6) is 5.75 Å². The van der Waals surface area contributed by atoms with Gasteiger partial charge in [0.15, 0.2) is 0 Å². The minimum absolute atomic E-state index is 0.253. The third-order valence-corrected chi connectivity index (χ3v) is 4.30. The summed E-state index contributed by atoms with van der Waals surface area (Å²) in [7, 11) is 0. The zero-order chi connectivity index (χ0) is 18.9. The fraction of sp³-hybridized carbons (Fsp3) is 0. The van der Waals surface area contributed by atoms with Crippen LogP contribution < -0.4 is 10.2 Å². The summed E-state index contributed by atoms with van der Waals surface area (Å²) in [6, 6.07) is 19.8. The van der Waals surface area contributed by atoms with Crippen molar-refractivity contribution in [3.63, 3.8) is 0 Å². The molecular weight excluding hydrogens is 360 g/mol. The van der Waals surface area contributed by atoms with Gasteiger partial charge in [0.1, 0.15) is 5.75 Å². The van der Waals surface area contributed by atoms with E-state index in [4.69, 9.17) is 4.74 Å². The van der Waals surface area contributed by atoms with E-state index in [1.165, 1.54) is 23.6 Å². The molecule has 0 saturated heterocycles. The van der Waals surface area contributed by atoms with Crippen molar-refractivity contribution in [1.82, 2.24) is 5.43 Å². The van der Waals surface area contributed by atoms with E-state index in [1.807, 2.05) is 35.7 Å². The second-order valence-corrected chi connectivity index (χ2v) is 6.36. The molecule has 0 spiro atoms. The quantitative estimate of drug-likeness (QED) is 0.231. The van der Waals surface area contributed by atoms with E-state index in [-0.39, 0.29) is 5.91 Å². The summed E-state index contributed by atoms with van der Waals surface area (Å²) in [5.74, 6) is -0.280. The Bertz CT molecular complexity index is 947. The highest BCUT2D eigenvalue weighted by Gasteiger charge is 2.04. The van der Waals surface area contributed by atoms with Gasteiger partial charge in [0.2, 0.25) is 0 Å². The summed E-state index contributed by atoms with van der Waals surface area (Å²) in [6.45, 7) is 0. The average molecular weight is 376 g/mol. The van der Waals surface area contributed by atoms with Gasteiger partial charge in [0, 0.05) is 6.08 Å². The van der Waals surface area contributed by atoms with Crippen molar-refractivity contribution in [2.75, 3.05) is 0 Å². The van der Waals surface area contributed by atoms with Gasteiger partial charge in [-0.1, -0.05) is 36.4 Å². The van der Waals surface area contributed by atoms with Crippen molar-refractivity contribution in [3.05, 3.63) is 94.2 Å². The third kappa shape index (κ3) is 5.76. The first-order chi connectivity index (χ1) is 13.2. The van der Waals surface area contributed by atoms with Crippen molar-refractivity contribution in [2.45, 2.75) is 0 Å². The number of hydrazone groups is 1. The number of ether oxygens (including phenoxy) is 1. The van der Waals surface area contributed by atoms with Gasteiger partial charge in [-0.2, -0.15) is 5.10 Å². The first kappa shape index (κ1) is 18.3. The summed E-state index contributed by atoms with van der Waals surface area (Å²) in [6.07, 6.45) is 4.59. The maximum atomic E-state index is 11.8. The minimum atomic E-state index is -0.455. The van der Waals surface area contributed by atoms with Crippen LogP contribution in [0.4, 0.5) is 0 Å². The second kappa shape index (κ2) is 9.26. The van der Waals surface area contributed by atoms with Crippen LogP contribution in [0.1, 0.15) is 20.8 Å². The van der Waals surface area contributed by atoms with Gasteiger partial charge in [0.25, 0.3) is 5.91 Å². The molecule has 0 saturated carbocycles. The lowest BCUT2D eigenvalue weighted by Crippen LogP contribution is -2.16. The molecule has 2 aromatic carbocycles. The molecule has 1 amide bonds. The Labute approximate surface area is 160 Å². The molecule has 0 fully saturated rings. The Kier molecular flexibility index (Phi) is 6.27. The number of carbonyl (C=O) groups excluding carboxylic acids is 2. The fourth-order valence-corrected chi connectivity index (χ4v) is 2.74. The van der Waals surface area contributed by atoms with Crippen LogP contribution >= 0.6 is 11.3 Å². The van der Waals surface area contributed by atoms with Crippen LogP contribution in [0, 0.1) is 0 Å². The highest BCUT2D eigenvalue weighted by atomic mass is 32.1. The number of nitrogens with one attached hydrogen (secondary N) is 1. The van der Waals surface area contributed by atoms with Crippen LogP contribution in [0.15, 0.2) is 83.3 Å². The Morgan fingerprint density at radius 2 is 1.70 bits per heavy atom. The molecule has 1 heterocycles. The number of benzene rings is 2. The molecule has 6 heteroatoms. The standard InChI is InChI=1S/C21H16N2O3S/c24-20(13-10-16-5-2-1-3-6-16)26-18-11-8-17(9-12-18)15-22-23-21(25)19-7-4-14-27-19/h1-15H,(H,23,25). The zero-order valence-corrected chi connectivity index (χ0v) is 15.1. The highest BCUT2D eigenvalue weighted by molar-refractivity contribution is 7.12. The fourth-order valence-electron chi connectivity index (χ4n) is 2.13. The topological polar surface area (TPSA) is 67.8 Å². The van der Waals surface area contributed by atoms with Crippen molar-refractivity contribution >= 4 is 35.5 Å². The largest absolute Gasteiger partial charge is 0.423 e. The van der Waals surface area contributed by atoms with Gasteiger partial charge in [-0.3, -0.25) is 4.79 Å². The minimum Gasteiger partial charge on any atom is -0.423 e. The van der Waals surface area contributed by atoms with E-state index in [0.29, 0.717) is 10.6 Å². The van der Waals surface area contributed by atoms with Crippen molar-refractivity contribution in [1.29, 1.82) is 0 Å². The monoisotopic (exact) mass is 376 g/mol. The summed E-state index contributed by atoms with van der Waals surface area (Å²) in [4.78, 5) is 24.2. The molecule has 3 rings (SSSR count). The predicted molar refractivity (Wildman–Crippen MR) is 107 cm³/mol. The maximum absolute atomic E-state index is 11.8. The van der Waals surface area contributed by atoms with E-state index in [2.05, 4.69) is 10.5 Å². The Morgan fingerprint density at radius 1 is 0.926 bits per heavy atom. The molecule has 0 atom stereocenters. The predicted octanol–water partition coefficient (Wildman–Crippen LogP) is 4.13. The molecule has 0 aliphatic carbocycles. The summed E-state index contributed by atoms with van der Waals surface area (Å²) >= 11 is 1.35. The Balaban J connectivity index is 1.51. The van der Waals surface area contributed by atoms with Gasteiger partial charge in [-0.15, -0.1) is 11.3 Å². The van der Waals surface area contributed by atoms with E-state index in [9.17, 15) is 9.59 Å². The van der Waals surface area contributed by atoms with Crippen LogP contribution in [-0.4, -0.2) is 18.1 Å². The lowest BCUT2D eigenvalue weighted by atomic mass is 10.2. The molecule has 1 N–H and O–H groups in total. The smallest absolute Gasteiger partial charge is 0.336 e. The van der Waals surface area contributed by atoms with Crippen LogP contribution in [-0.2, 0) is 4.79 Å². The van der Waals surface area contributed by atoms with E-state index < -0.39 is 5.97 Å². The molecule has 1 aromatic heterocycles. The van der Waals surface area contributed by atoms with Crippen molar-refractivity contribution in [3.8, 4) is 5.75 Å². The van der Waals surface area contributed by atoms with Gasteiger partial charge >= 0.3 is 5.97 Å². The lowest BCUT2D eigenvalue weighted by molar-refractivity contribution is -0.128. The van der Waals surface area contributed by atoms with Crippen molar-refractivity contribution in [2.24, 2.45) is 5.10 Å².